The zero-order chi connectivity index (χ0) is 15.1. The van der Waals surface area contributed by atoms with Gasteiger partial charge in [0, 0.05) is 38.4 Å². The van der Waals surface area contributed by atoms with Gasteiger partial charge in [-0.1, -0.05) is 13.8 Å². The van der Waals surface area contributed by atoms with Crippen molar-refractivity contribution in [2.45, 2.75) is 51.6 Å². The normalized spacial score (nSPS) is 28.5. The molecule has 2 atom stereocenters. The minimum absolute atomic E-state index is 0.175. The summed E-state index contributed by atoms with van der Waals surface area (Å²) >= 11 is 0. The van der Waals surface area contributed by atoms with Crippen LogP contribution in [0.3, 0.4) is 0 Å². The van der Waals surface area contributed by atoms with E-state index in [1.807, 2.05) is 0 Å². The van der Waals surface area contributed by atoms with Crippen LogP contribution in [-0.4, -0.2) is 62.3 Å². The first-order valence-electron chi connectivity index (χ1n) is 8.52. The Morgan fingerprint density at radius 1 is 1.29 bits per heavy atom. The summed E-state index contributed by atoms with van der Waals surface area (Å²) in [7, 11) is 0. The highest BCUT2D eigenvalue weighted by Crippen LogP contribution is 2.16. The molecule has 2 heterocycles. The van der Waals surface area contributed by atoms with Gasteiger partial charge in [-0.3, -0.25) is 9.69 Å². The molecule has 0 aromatic carbocycles. The fourth-order valence-electron chi connectivity index (χ4n) is 3.33. The van der Waals surface area contributed by atoms with Crippen LogP contribution in [0.2, 0.25) is 0 Å². The van der Waals surface area contributed by atoms with E-state index in [2.05, 4.69) is 29.4 Å². The van der Waals surface area contributed by atoms with E-state index in [0.29, 0.717) is 24.5 Å². The molecule has 2 fully saturated rings. The van der Waals surface area contributed by atoms with E-state index < -0.39 is 0 Å². The van der Waals surface area contributed by atoms with Crippen LogP contribution in [0.1, 0.15) is 39.5 Å². The maximum absolute atomic E-state index is 12.1. The molecule has 21 heavy (non-hydrogen) atoms. The fraction of sp³-hybridized carbons (Fsp3) is 0.938. The third kappa shape index (κ3) is 5.57. The minimum Gasteiger partial charge on any atom is -0.381 e. The molecule has 0 aliphatic carbocycles. The Morgan fingerprint density at radius 2 is 2.05 bits per heavy atom. The average Bonchev–Trinajstić information content (AvgIpc) is 2.47. The zero-order valence-corrected chi connectivity index (χ0v) is 13.6. The standard InChI is InChI=1S/C16H31N3O2/c1-3-7-17-15-4-8-19(11-13(15)2)12-16(20)18-14-5-9-21-10-6-14/h13-15,17H,3-12H2,1-2H3,(H,18,20). The highest BCUT2D eigenvalue weighted by atomic mass is 16.5. The van der Waals surface area contributed by atoms with Crippen molar-refractivity contribution in [3.63, 3.8) is 0 Å². The molecule has 2 rings (SSSR count). The van der Waals surface area contributed by atoms with Crippen LogP contribution in [0.25, 0.3) is 0 Å². The number of hydrogen-bond donors (Lipinski definition) is 2. The molecular formula is C16H31N3O2. The molecule has 0 radical (unpaired) electrons. The van der Waals surface area contributed by atoms with Gasteiger partial charge in [0.25, 0.3) is 0 Å². The first-order chi connectivity index (χ1) is 10.2. The Morgan fingerprint density at radius 3 is 2.71 bits per heavy atom. The number of ether oxygens (including phenoxy) is 1. The first-order valence-corrected chi connectivity index (χ1v) is 8.52. The number of likely N-dealkylation sites (tertiary alicyclic amines) is 1. The predicted octanol–water partition coefficient (Wildman–Crippen LogP) is 0.992. The molecule has 0 aromatic heterocycles. The molecule has 0 saturated carbocycles. The summed E-state index contributed by atoms with van der Waals surface area (Å²) in [6, 6.07) is 0.923. The summed E-state index contributed by atoms with van der Waals surface area (Å²) in [6.07, 6.45) is 4.22. The largest absolute Gasteiger partial charge is 0.381 e. The van der Waals surface area contributed by atoms with Crippen LogP contribution in [0.15, 0.2) is 0 Å². The molecule has 2 aliphatic heterocycles. The topological polar surface area (TPSA) is 53.6 Å². The molecular weight excluding hydrogens is 266 g/mol. The van der Waals surface area contributed by atoms with Gasteiger partial charge in [0.15, 0.2) is 0 Å². The van der Waals surface area contributed by atoms with Crippen LogP contribution in [-0.2, 0) is 9.53 Å². The molecule has 2 N–H and O–H groups in total. The Bertz CT molecular complexity index is 319. The molecule has 2 saturated heterocycles. The van der Waals surface area contributed by atoms with Gasteiger partial charge in [-0.05, 0) is 38.1 Å². The lowest BCUT2D eigenvalue weighted by molar-refractivity contribution is -0.124. The molecule has 5 heteroatoms. The van der Waals surface area contributed by atoms with Gasteiger partial charge >= 0.3 is 0 Å². The van der Waals surface area contributed by atoms with Crippen LogP contribution >= 0.6 is 0 Å². The molecule has 0 bridgehead atoms. The number of hydrogen-bond acceptors (Lipinski definition) is 4. The van der Waals surface area contributed by atoms with Crippen molar-refractivity contribution in [2.24, 2.45) is 5.92 Å². The maximum Gasteiger partial charge on any atom is 0.234 e. The van der Waals surface area contributed by atoms with Crippen molar-refractivity contribution in [2.75, 3.05) is 39.4 Å². The number of nitrogens with zero attached hydrogens (tertiary/aromatic N) is 1. The molecule has 2 aliphatic rings. The molecule has 122 valence electrons. The quantitative estimate of drug-likeness (QED) is 0.768. The smallest absolute Gasteiger partial charge is 0.234 e. The molecule has 1 amide bonds. The molecule has 2 unspecified atom stereocenters. The number of piperidine rings is 1. The van der Waals surface area contributed by atoms with E-state index in [-0.39, 0.29) is 5.91 Å². The van der Waals surface area contributed by atoms with Crippen molar-refractivity contribution in [3.8, 4) is 0 Å². The molecule has 0 aromatic rings. The Labute approximate surface area is 128 Å². The third-order valence-corrected chi connectivity index (χ3v) is 4.60. The van der Waals surface area contributed by atoms with E-state index in [4.69, 9.17) is 4.74 Å². The van der Waals surface area contributed by atoms with Crippen molar-refractivity contribution < 1.29 is 9.53 Å². The number of amides is 1. The minimum atomic E-state index is 0.175. The van der Waals surface area contributed by atoms with Gasteiger partial charge < -0.3 is 15.4 Å². The lowest BCUT2D eigenvalue weighted by Gasteiger charge is -2.37. The fourth-order valence-corrected chi connectivity index (χ4v) is 3.33. The van der Waals surface area contributed by atoms with Crippen molar-refractivity contribution >= 4 is 5.91 Å². The lowest BCUT2D eigenvalue weighted by Crippen LogP contribution is -2.51. The zero-order valence-electron chi connectivity index (χ0n) is 13.6. The average molecular weight is 297 g/mol. The van der Waals surface area contributed by atoms with Gasteiger partial charge in [-0.2, -0.15) is 0 Å². The lowest BCUT2D eigenvalue weighted by atomic mass is 9.93. The number of carbonyl (C=O) groups is 1. The Balaban J connectivity index is 1.67. The van der Waals surface area contributed by atoms with Crippen LogP contribution < -0.4 is 10.6 Å². The third-order valence-electron chi connectivity index (χ3n) is 4.60. The summed E-state index contributed by atoms with van der Waals surface area (Å²) in [5, 5.41) is 6.77. The van der Waals surface area contributed by atoms with Gasteiger partial charge in [0.05, 0.1) is 6.54 Å². The van der Waals surface area contributed by atoms with Crippen molar-refractivity contribution in [1.82, 2.24) is 15.5 Å². The summed E-state index contributed by atoms with van der Waals surface area (Å²) < 4.78 is 5.32. The van der Waals surface area contributed by atoms with E-state index in [0.717, 1.165) is 52.1 Å². The van der Waals surface area contributed by atoms with Crippen LogP contribution in [0.5, 0.6) is 0 Å². The predicted molar refractivity (Wildman–Crippen MR) is 84.3 cm³/mol. The maximum atomic E-state index is 12.1. The van der Waals surface area contributed by atoms with E-state index in [9.17, 15) is 4.79 Å². The van der Waals surface area contributed by atoms with Gasteiger partial charge in [0.1, 0.15) is 0 Å². The van der Waals surface area contributed by atoms with Gasteiger partial charge in [-0.15, -0.1) is 0 Å². The summed E-state index contributed by atoms with van der Waals surface area (Å²) in [5.41, 5.74) is 0. The summed E-state index contributed by atoms with van der Waals surface area (Å²) in [6.45, 7) is 9.72. The number of nitrogens with one attached hydrogen (secondary N) is 2. The summed E-state index contributed by atoms with van der Waals surface area (Å²) in [4.78, 5) is 14.4. The van der Waals surface area contributed by atoms with Crippen LogP contribution in [0, 0.1) is 5.92 Å². The second kappa shape index (κ2) is 8.71. The van der Waals surface area contributed by atoms with Gasteiger partial charge in [0.2, 0.25) is 5.91 Å². The Kier molecular flexibility index (Phi) is 6.93. The second-order valence-electron chi connectivity index (χ2n) is 6.52. The SMILES string of the molecule is CCCNC1CCN(CC(=O)NC2CCOCC2)CC1C. The van der Waals surface area contributed by atoms with Crippen LogP contribution in [0.4, 0.5) is 0 Å². The van der Waals surface area contributed by atoms with E-state index in [1.165, 1.54) is 6.42 Å². The molecule has 5 nitrogen and oxygen atoms in total. The monoisotopic (exact) mass is 297 g/mol. The highest BCUT2D eigenvalue weighted by molar-refractivity contribution is 5.78. The number of rotatable bonds is 6. The second-order valence-corrected chi connectivity index (χ2v) is 6.52. The summed E-state index contributed by atoms with van der Waals surface area (Å²) in [5.74, 6) is 0.787. The highest BCUT2D eigenvalue weighted by Gasteiger charge is 2.27. The van der Waals surface area contributed by atoms with Crippen molar-refractivity contribution in [1.29, 1.82) is 0 Å². The first kappa shape index (κ1) is 16.7. The molecule has 0 spiro atoms. The van der Waals surface area contributed by atoms with Gasteiger partial charge in [-0.25, -0.2) is 0 Å². The van der Waals surface area contributed by atoms with E-state index >= 15 is 0 Å². The Hall–Kier alpha value is -0.650. The van der Waals surface area contributed by atoms with Crippen molar-refractivity contribution in [3.05, 3.63) is 0 Å². The van der Waals surface area contributed by atoms with E-state index in [1.54, 1.807) is 0 Å². The number of carbonyl (C=O) groups excluding carboxylic acids is 1.